The average molecular weight is 469 g/mol. The molecule has 0 amide bonds. The molecule has 0 fully saturated rings. The van der Waals surface area contributed by atoms with Crippen LogP contribution in [0.4, 0.5) is 0 Å². The zero-order valence-electron chi connectivity index (χ0n) is 20.0. The van der Waals surface area contributed by atoms with Crippen LogP contribution >= 0.6 is 0 Å². The van der Waals surface area contributed by atoms with Crippen molar-refractivity contribution in [3.8, 4) is 23.0 Å². The summed E-state index contributed by atoms with van der Waals surface area (Å²) in [6.45, 7) is 2.51. The molecule has 0 atom stereocenters. The predicted octanol–water partition coefficient (Wildman–Crippen LogP) is 7.47. The summed E-state index contributed by atoms with van der Waals surface area (Å²) >= 11 is 0. The van der Waals surface area contributed by atoms with Crippen LogP contribution in [-0.4, -0.2) is 13.2 Å². The molecule has 0 bridgehead atoms. The van der Waals surface area contributed by atoms with E-state index in [1.807, 2.05) is 84.9 Å². The van der Waals surface area contributed by atoms with Crippen molar-refractivity contribution >= 4 is 0 Å². The van der Waals surface area contributed by atoms with Gasteiger partial charge in [-0.1, -0.05) is 60.7 Å². The van der Waals surface area contributed by atoms with Crippen molar-refractivity contribution in [2.75, 3.05) is 13.2 Å². The Balaban J connectivity index is 1.04. The minimum absolute atomic E-state index is 0.565. The minimum Gasteiger partial charge on any atom is -0.494 e. The fourth-order valence-electron chi connectivity index (χ4n) is 3.51. The van der Waals surface area contributed by atoms with E-state index in [1.54, 1.807) is 0 Å². The largest absolute Gasteiger partial charge is 0.494 e. The van der Waals surface area contributed by atoms with Crippen LogP contribution in [0, 0.1) is 0 Å². The Hall–Kier alpha value is -3.92. The number of unbranched alkanes of at least 4 members (excludes halogenated alkanes) is 2. The van der Waals surface area contributed by atoms with Gasteiger partial charge in [0.05, 0.1) is 13.2 Å². The van der Waals surface area contributed by atoms with Gasteiger partial charge >= 0.3 is 0 Å². The molecule has 180 valence electrons. The maximum absolute atomic E-state index is 5.85. The van der Waals surface area contributed by atoms with E-state index in [0.29, 0.717) is 26.4 Å². The van der Waals surface area contributed by atoms with Crippen LogP contribution in [0.2, 0.25) is 0 Å². The van der Waals surface area contributed by atoms with Crippen LogP contribution in [0.15, 0.2) is 109 Å². The molecule has 0 aromatic heterocycles. The Labute approximate surface area is 208 Å². The van der Waals surface area contributed by atoms with Crippen LogP contribution in [0.1, 0.15) is 30.4 Å². The van der Waals surface area contributed by atoms with E-state index in [2.05, 4.69) is 24.3 Å². The second-order valence-corrected chi connectivity index (χ2v) is 8.25. The predicted molar refractivity (Wildman–Crippen MR) is 139 cm³/mol. The lowest BCUT2D eigenvalue weighted by Crippen LogP contribution is -2.01. The maximum atomic E-state index is 5.85. The highest BCUT2D eigenvalue weighted by atomic mass is 16.5. The van der Waals surface area contributed by atoms with Crippen molar-refractivity contribution in [3.05, 3.63) is 120 Å². The standard InChI is InChI=1S/C31H32O4/c1-4-10-26(11-5-1)24-34-30-18-14-28(15-19-30)32-22-8-3-9-23-33-29-16-20-31(21-17-29)35-25-27-12-6-2-7-13-27/h1-2,4-7,10-21H,3,8-9,22-25H2. The Kier molecular flexibility index (Phi) is 9.48. The van der Waals surface area contributed by atoms with Crippen molar-refractivity contribution in [1.82, 2.24) is 0 Å². The monoisotopic (exact) mass is 468 g/mol. The van der Waals surface area contributed by atoms with E-state index in [-0.39, 0.29) is 0 Å². The number of ether oxygens (including phenoxy) is 4. The molecule has 0 aliphatic rings. The molecule has 0 spiro atoms. The molecule has 4 aromatic rings. The maximum Gasteiger partial charge on any atom is 0.120 e. The zero-order valence-corrected chi connectivity index (χ0v) is 20.0. The Bertz CT molecular complexity index is 1000. The van der Waals surface area contributed by atoms with Crippen molar-refractivity contribution in [2.45, 2.75) is 32.5 Å². The molecule has 0 saturated carbocycles. The first-order valence-corrected chi connectivity index (χ1v) is 12.1. The summed E-state index contributed by atoms with van der Waals surface area (Å²) in [6.07, 6.45) is 3.03. The van der Waals surface area contributed by atoms with Crippen LogP contribution in [0.25, 0.3) is 0 Å². The van der Waals surface area contributed by atoms with Crippen molar-refractivity contribution in [3.63, 3.8) is 0 Å². The minimum atomic E-state index is 0.565. The van der Waals surface area contributed by atoms with Gasteiger partial charge in [-0.25, -0.2) is 0 Å². The molecule has 4 aromatic carbocycles. The summed E-state index contributed by atoms with van der Waals surface area (Å²) in [6, 6.07) is 35.9. The lowest BCUT2D eigenvalue weighted by atomic mass is 10.2. The molecule has 0 unspecified atom stereocenters. The molecule has 0 aliphatic carbocycles. The van der Waals surface area contributed by atoms with Crippen LogP contribution in [0.3, 0.4) is 0 Å². The number of hydrogen-bond acceptors (Lipinski definition) is 4. The van der Waals surface area contributed by atoms with Gasteiger partial charge in [-0.2, -0.15) is 0 Å². The van der Waals surface area contributed by atoms with Crippen LogP contribution < -0.4 is 18.9 Å². The summed E-state index contributed by atoms with van der Waals surface area (Å²) in [7, 11) is 0. The third-order valence-electron chi connectivity index (χ3n) is 5.47. The fraction of sp³-hybridized carbons (Fsp3) is 0.226. The highest BCUT2D eigenvalue weighted by Gasteiger charge is 2.00. The van der Waals surface area contributed by atoms with Gasteiger partial charge in [-0.15, -0.1) is 0 Å². The first-order chi connectivity index (χ1) is 17.3. The van der Waals surface area contributed by atoms with Crippen molar-refractivity contribution in [1.29, 1.82) is 0 Å². The Morgan fingerprint density at radius 3 is 1.06 bits per heavy atom. The fourth-order valence-corrected chi connectivity index (χ4v) is 3.51. The molecule has 4 heteroatoms. The molecule has 0 N–H and O–H groups in total. The number of hydrogen-bond donors (Lipinski definition) is 0. The highest BCUT2D eigenvalue weighted by Crippen LogP contribution is 2.20. The average Bonchev–Trinajstić information content (AvgIpc) is 2.93. The summed E-state index contributed by atoms with van der Waals surface area (Å²) < 4.78 is 23.3. The lowest BCUT2D eigenvalue weighted by molar-refractivity contribution is 0.277. The Morgan fingerprint density at radius 1 is 0.343 bits per heavy atom. The van der Waals surface area contributed by atoms with Gasteiger partial charge in [0.25, 0.3) is 0 Å². The number of rotatable bonds is 14. The molecule has 0 saturated heterocycles. The Morgan fingerprint density at radius 2 is 0.686 bits per heavy atom. The molecule has 35 heavy (non-hydrogen) atoms. The van der Waals surface area contributed by atoms with Gasteiger partial charge in [0.2, 0.25) is 0 Å². The quantitative estimate of drug-likeness (QED) is 0.180. The van der Waals surface area contributed by atoms with E-state index in [0.717, 1.165) is 53.4 Å². The van der Waals surface area contributed by atoms with E-state index in [9.17, 15) is 0 Å². The molecule has 0 radical (unpaired) electrons. The van der Waals surface area contributed by atoms with Gasteiger partial charge < -0.3 is 18.9 Å². The smallest absolute Gasteiger partial charge is 0.120 e. The molecular formula is C31H32O4. The number of benzene rings is 4. The van der Waals surface area contributed by atoms with E-state index in [1.165, 1.54) is 0 Å². The van der Waals surface area contributed by atoms with Crippen molar-refractivity contribution in [2.24, 2.45) is 0 Å². The van der Waals surface area contributed by atoms with Crippen LogP contribution in [0.5, 0.6) is 23.0 Å². The molecule has 4 nitrogen and oxygen atoms in total. The highest BCUT2D eigenvalue weighted by molar-refractivity contribution is 5.32. The molecule has 0 aliphatic heterocycles. The first kappa shape index (κ1) is 24.2. The van der Waals surface area contributed by atoms with Gasteiger partial charge in [-0.05, 0) is 78.9 Å². The van der Waals surface area contributed by atoms with Crippen LogP contribution in [-0.2, 0) is 13.2 Å². The summed E-state index contributed by atoms with van der Waals surface area (Å²) in [4.78, 5) is 0. The van der Waals surface area contributed by atoms with Crippen molar-refractivity contribution < 1.29 is 18.9 Å². The zero-order chi connectivity index (χ0) is 24.0. The van der Waals surface area contributed by atoms with Gasteiger partial charge in [0.15, 0.2) is 0 Å². The SMILES string of the molecule is c1ccc(COc2ccc(OCCCCCOc3ccc(OCc4ccccc4)cc3)cc2)cc1. The third kappa shape index (κ3) is 8.74. The molecular weight excluding hydrogens is 436 g/mol. The van der Waals surface area contributed by atoms with Gasteiger partial charge in [0, 0.05) is 0 Å². The van der Waals surface area contributed by atoms with E-state index in [4.69, 9.17) is 18.9 Å². The third-order valence-corrected chi connectivity index (χ3v) is 5.47. The summed E-state index contributed by atoms with van der Waals surface area (Å²) in [5, 5.41) is 0. The topological polar surface area (TPSA) is 36.9 Å². The molecule has 4 rings (SSSR count). The first-order valence-electron chi connectivity index (χ1n) is 12.1. The lowest BCUT2D eigenvalue weighted by Gasteiger charge is -2.10. The second-order valence-electron chi connectivity index (χ2n) is 8.25. The normalized spacial score (nSPS) is 10.5. The summed E-state index contributed by atoms with van der Waals surface area (Å²) in [5.74, 6) is 3.41. The summed E-state index contributed by atoms with van der Waals surface area (Å²) in [5.41, 5.74) is 2.31. The molecule has 0 heterocycles. The van der Waals surface area contributed by atoms with Gasteiger partial charge in [0.1, 0.15) is 36.2 Å². The van der Waals surface area contributed by atoms with E-state index >= 15 is 0 Å². The van der Waals surface area contributed by atoms with E-state index < -0.39 is 0 Å². The second kappa shape index (κ2) is 13.7. The van der Waals surface area contributed by atoms with Gasteiger partial charge in [-0.3, -0.25) is 0 Å².